The highest BCUT2D eigenvalue weighted by Crippen LogP contribution is 2.27. The summed E-state index contributed by atoms with van der Waals surface area (Å²) in [4.78, 5) is 13.4. The van der Waals surface area contributed by atoms with Crippen LogP contribution in [0.1, 0.15) is 0 Å². The molecule has 0 saturated carbocycles. The van der Waals surface area contributed by atoms with Gasteiger partial charge in [0, 0.05) is 37.7 Å². The van der Waals surface area contributed by atoms with Crippen LogP contribution in [0.25, 0.3) is 10.9 Å². The Hall–Kier alpha value is -1.85. The molecule has 1 amide bonds. The maximum Gasteiger partial charge on any atom is 0.256 e. The fourth-order valence-electron chi connectivity index (χ4n) is 2.03. The van der Waals surface area contributed by atoms with Crippen molar-refractivity contribution in [1.29, 1.82) is 0 Å². The Morgan fingerprint density at radius 2 is 2.17 bits per heavy atom. The minimum Gasteiger partial charge on any atom is -0.382 e. The Bertz CT molecular complexity index is 577. The van der Waals surface area contributed by atoms with Crippen molar-refractivity contribution in [3.05, 3.63) is 30.5 Å². The second-order valence-corrected chi connectivity index (χ2v) is 4.29. The molecular weight excluding hydrogens is 230 g/mol. The minimum atomic E-state index is -1.16. The number of para-hydroxylation sites is 1. The number of rotatable bonds is 3. The number of aromatic nitrogens is 1. The van der Waals surface area contributed by atoms with Gasteiger partial charge in [-0.25, -0.2) is 0 Å². The molecule has 0 aliphatic heterocycles. The van der Waals surface area contributed by atoms with Crippen molar-refractivity contribution in [3.8, 4) is 0 Å². The molecule has 5 nitrogen and oxygen atoms in total. The van der Waals surface area contributed by atoms with Crippen molar-refractivity contribution in [2.75, 3.05) is 18.5 Å². The first kappa shape index (κ1) is 12.6. The van der Waals surface area contributed by atoms with Crippen LogP contribution in [0.4, 0.5) is 5.69 Å². The van der Waals surface area contributed by atoms with E-state index in [4.69, 9.17) is 5.73 Å². The van der Waals surface area contributed by atoms with E-state index in [1.807, 2.05) is 42.1 Å². The van der Waals surface area contributed by atoms with Gasteiger partial charge in [0.2, 0.25) is 0 Å². The van der Waals surface area contributed by atoms with Gasteiger partial charge in [0.1, 0.15) is 6.10 Å². The smallest absolute Gasteiger partial charge is 0.256 e. The van der Waals surface area contributed by atoms with Crippen LogP contribution in [-0.4, -0.2) is 35.3 Å². The van der Waals surface area contributed by atoms with Gasteiger partial charge >= 0.3 is 0 Å². The third kappa shape index (κ3) is 1.98. The van der Waals surface area contributed by atoms with E-state index in [9.17, 15) is 9.90 Å². The summed E-state index contributed by atoms with van der Waals surface area (Å²) in [5, 5.41) is 10.5. The molecule has 96 valence electrons. The summed E-state index contributed by atoms with van der Waals surface area (Å²) in [5.74, 6) is -0.395. The van der Waals surface area contributed by atoms with Gasteiger partial charge in [-0.2, -0.15) is 0 Å². The van der Waals surface area contributed by atoms with E-state index in [1.54, 1.807) is 7.05 Å². The van der Waals surface area contributed by atoms with Gasteiger partial charge in [-0.15, -0.1) is 0 Å². The first-order chi connectivity index (χ1) is 8.56. The fraction of sp³-hybridized carbons (Fsp3) is 0.308. The lowest BCUT2D eigenvalue weighted by atomic mass is 10.2. The first-order valence-electron chi connectivity index (χ1n) is 5.76. The lowest BCUT2D eigenvalue weighted by Crippen LogP contribution is -2.40. The Balaban J connectivity index is 2.45. The molecule has 0 radical (unpaired) electrons. The number of fused-ring (bicyclic) bond motifs is 1. The number of aryl methyl sites for hydroxylation is 1. The zero-order valence-electron chi connectivity index (χ0n) is 10.5. The Morgan fingerprint density at radius 1 is 1.50 bits per heavy atom. The van der Waals surface area contributed by atoms with Crippen LogP contribution in [0.5, 0.6) is 0 Å². The van der Waals surface area contributed by atoms with E-state index >= 15 is 0 Å². The Kier molecular flexibility index (Phi) is 3.36. The average Bonchev–Trinajstić information content (AvgIpc) is 2.74. The van der Waals surface area contributed by atoms with Crippen LogP contribution >= 0.6 is 0 Å². The lowest BCUT2D eigenvalue weighted by Gasteiger charge is -2.19. The zero-order valence-corrected chi connectivity index (χ0v) is 10.5. The first-order valence-corrected chi connectivity index (χ1v) is 5.76. The number of aliphatic hydroxyl groups excluding tert-OH is 1. The van der Waals surface area contributed by atoms with Crippen molar-refractivity contribution >= 4 is 22.5 Å². The number of likely N-dealkylation sites (N-methyl/N-ethyl adjacent to an activating group) is 1. The average molecular weight is 247 g/mol. The molecule has 1 unspecified atom stereocenters. The quantitative estimate of drug-likeness (QED) is 0.827. The summed E-state index contributed by atoms with van der Waals surface area (Å²) in [6.45, 7) is -0.0755. The topological polar surface area (TPSA) is 71.5 Å². The van der Waals surface area contributed by atoms with Gasteiger partial charge in [-0.05, 0) is 6.07 Å². The number of amides is 1. The molecule has 18 heavy (non-hydrogen) atoms. The largest absolute Gasteiger partial charge is 0.382 e. The number of nitrogens with two attached hydrogens (primary N) is 1. The number of anilines is 1. The van der Waals surface area contributed by atoms with E-state index < -0.39 is 12.0 Å². The summed E-state index contributed by atoms with van der Waals surface area (Å²) < 4.78 is 1.95. The summed E-state index contributed by atoms with van der Waals surface area (Å²) in [6, 6.07) is 7.80. The second kappa shape index (κ2) is 4.80. The second-order valence-electron chi connectivity index (χ2n) is 4.29. The maximum atomic E-state index is 11.9. The van der Waals surface area contributed by atoms with Crippen molar-refractivity contribution in [1.82, 2.24) is 4.57 Å². The molecule has 0 aliphatic rings. The van der Waals surface area contributed by atoms with Crippen molar-refractivity contribution < 1.29 is 9.90 Å². The predicted molar refractivity (Wildman–Crippen MR) is 71.4 cm³/mol. The van der Waals surface area contributed by atoms with Gasteiger partial charge in [0.25, 0.3) is 5.91 Å². The third-order valence-corrected chi connectivity index (χ3v) is 3.08. The van der Waals surface area contributed by atoms with E-state index in [-0.39, 0.29) is 6.54 Å². The van der Waals surface area contributed by atoms with E-state index in [2.05, 4.69) is 0 Å². The van der Waals surface area contributed by atoms with Crippen molar-refractivity contribution in [3.63, 3.8) is 0 Å². The van der Waals surface area contributed by atoms with Gasteiger partial charge in [0.15, 0.2) is 0 Å². The van der Waals surface area contributed by atoms with Gasteiger partial charge in [-0.1, -0.05) is 18.2 Å². The number of benzene rings is 1. The highest BCUT2D eigenvalue weighted by atomic mass is 16.3. The molecule has 1 heterocycles. The monoisotopic (exact) mass is 247 g/mol. The van der Waals surface area contributed by atoms with Crippen LogP contribution in [0, 0.1) is 0 Å². The highest BCUT2D eigenvalue weighted by molar-refractivity contribution is 6.04. The molecule has 2 aromatic rings. The van der Waals surface area contributed by atoms with Gasteiger partial charge in [-0.3, -0.25) is 4.79 Å². The number of carbonyl (C=O) groups is 1. The van der Waals surface area contributed by atoms with Crippen molar-refractivity contribution in [2.24, 2.45) is 12.8 Å². The summed E-state index contributed by atoms with van der Waals surface area (Å²) >= 11 is 0. The SMILES string of the molecule is CN(C(=O)C(O)CN)c1cn(C)c2ccccc12. The third-order valence-electron chi connectivity index (χ3n) is 3.08. The summed E-state index contributed by atoms with van der Waals surface area (Å²) in [7, 11) is 3.56. The molecule has 0 fully saturated rings. The van der Waals surface area contributed by atoms with Gasteiger partial charge in [0.05, 0.1) is 5.69 Å². The summed E-state index contributed by atoms with van der Waals surface area (Å²) in [6.07, 6.45) is 0.709. The molecule has 3 N–H and O–H groups in total. The van der Waals surface area contributed by atoms with Crippen LogP contribution in [0.2, 0.25) is 0 Å². The van der Waals surface area contributed by atoms with E-state index in [0.29, 0.717) is 0 Å². The van der Waals surface area contributed by atoms with Gasteiger partial charge < -0.3 is 20.3 Å². The molecule has 0 saturated heterocycles. The number of nitrogens with zero attached hydrogens (tertiary/aromatic N) is 2. The lowest BCUT2D eigenvalue weighted by molar-refractivity contribution is -0.125. The van der Waals surface area contributed by atoms with Crippen LogP contribution in [0.3, 0.4) is 0 Å². The molecular formula is C13H17N3O2. The standard InChI is InChI=1S/C13H17N3O2/c1-15-8-11(9-5-3-4-6-10(9)15)16(2)13(18)12(17)7-14/h3-6,8,12,17H,7,14H2,1-2H3. The molecule has 1 aromatic carbocycles. The van der Waals surface area contributed by atoms with E-state index in [0.717, 1.165) is 16.6 Å². The summed E-state index contributed by atoms with van der Waals surface area (Å²) in [5.41, 5.74) is 7.11. The number of hydrogen-bond donors (Lipinski definition) is 2. The zero-order chi connectivity index (χ0) is 13.3. The number of hydrogen-bond acceptors (Lipinski definition) is 3. The van der Waals surface area contributed by atoms with Crippen LogP contribution in [-0.2, 0) is 11.8 Å². The van der Waals surface area contributed by atoms with Crippen molar-refractivity contribution in [2.45, 2.75) is 6.10 Å². The minimum absolute atomic E-state index is 0.0755. The molecule has 1 atom stereocenters. The number of carbonyl (C=O) groups excluding carboxylic acids is 1. The highest BCUT2D eigenvalue weighted by Gasteiger charge is 2.21. The molecule has 1 aromatic heterocycles. The Labute approximate surface area is 105 Å². The van der Waals surface area contributed by atoms with E-state index in [1.165, 1.54) is 4.90 Å². The normalized spacial score (nSPS) is 12.7. The molecule has 0 bridgehead atoms. The molecule has 2 rings (SSSR count). The Morgan fingerprint density at radius 3 is 2.83 bits per heavy atom. The number of aliphatic hydroxyl groups is 1. The fourth-order valence-corrected chi connectivity index (χ4v) is 2.03. The van der Waals surface area contributed by atoms with Crippen LogP contribution < -0.4 is 10.6 Å². The molecule has 0 aliphatic carbocycles. The predicted octanol–water partition coefficient (Wildman–Crippen LogP) is 0.461. The van der Waals surface area contributed by atoms with Crippen LogP contribution in [0.15, 0.2) is 30.5 Å². The molecule has 0 spiro atoms. The molecule has 5 heteroatoms. The maximum absolute atomic E-state index is 11.9.